The van der Waals surface area contributed by atoms with Gasteiger partial charge in [0.1, 0.15) is 0 Å². The molecule has 0 saturated carbocycles. The molecule has 7 aromatic carbocycles. The fraction of sp³-hybridized carbons (Fsp3) is 0.236. The highest BCUT2D eigenvalue weighted by molar-refractivity contribution is 6.11. The Hall–Kier alpha value is -6.06. The smallest absolute Gasteiger partial charge is 0.0541 e. The van der Waals surface area contributed by atoms with E-state index >= 15 is 0 Å². The van der Waals surface area contributed by atoms with Crippen molar-refractivity contribution in [3.63, 3.8) is 0 Å². The molecule has 58 heavy (non-hydrogen) atoms. The van der Waals surface area contributed by atoms with Gasteiger partial charge in [0.2, 0.25) is 0 Å². The first-order valence-electron chi connectivity index (χ1n) is 21.1. The third-order valence-electron chi connectivity index (χ3n) is 13.6. The summed E-state index contributed by atoms with van der Waals surface area (Å²) < 4.78 is 7.41. The van der Waals surface area contributed by atoms with Gasteiger partial charge in [0, 0.05) is 84.0 Å². The van der Waals surface area contributed by atoms with Crippen LogP contribution in [0.2, 0.25) is 0 Å². The van der Waals surface area contributed by atoms with E-state index in [9.17, 15) is 0 Å². The Balaban J connectivity index is 1.15. The van der Waals surface area contributed by atoms with E-state index in [1.54, 1.807) is 0 Å². The molecule has 0 radical (unpaired) electrons. The average molecular weight is 756 g/mol. The van der Waals surface area contributed by atoms with Crippen molar-refractivity contribution < 1.29 is 0 Å². The van der Waals surface area contributed by atoms with Crippen LogP contribution < -0.4 is 0 Å². The van der Waals surface area contributed by atoms with Gasteiger partial charge < -0.3 is 13.7 Å². The van der Waals surface area contributed by atoms with E-state index in [1.807, 2.05) is 0 Å². The van der Waals surface area contributed by atoms with Gasteiger partial charge in [-0.25, -0.2) is 0 Å². The maximum absolute atomic E-state index is 2.48. The highest BCUT2D eigenvalue weighted by atomic mass is 15.0. The van der Waals surface area contributed by atoms with Crippen LogP contribution in [-0.2, 0) is 23.9 Å². The van der Waals surface area contributed by atoms with Crippen LogP contribution in [0.1, 0.15) is 80.5 Å². The lowest BCUT2D eigenvalue weighted by molar-refractivity contribution is 0.641. The number of hydrogen-bond acceptors (Lipinski definition) is 0. The molecule has 0 fully saturated rings. The number of aryl methyl sites for hydroxylation is 5. The van der Waals surface area contributed by atoms with Gasteiger partial charge in [-0.05, 0) is 130 Å². The summed E-state index contributed by atoms with van der Waals surface area (Å²) in [4.78, 5) is 0. The zero-order valence-electron chi connectivity index (χ0n) is 35.5. The standard InChI is InChI=1S/C55H53N3/c1-10-56-48-24-14-35(4)28-44(48)42-22-16-39(32-52(42)56)54(6,7)37-18-26-50-46(30-37)47-31-38(19-27-51(47)58(50)41-20-12-34(3)13-21-41)55(8,9)40-17-23-43-45-29-36(5)15-25-49(45)57(11-2)53(43)33-40/h12-33H,10-11H2,1-9H3. The zero-order chi connectivity index (χ0) is 40.2. The lowest BCUT2D eigenvalue weighted by Gasteiger charge is -2.27. The minimum Gasteiger partial charge on any atom is -0.341 e. The SMILES string of the molecule is CCn1c2ccc(C)cc2c2ccc(C(C)(C)c3ccc4c(c3)c3cc(C(C)(C)c5ccc6c7cc(C)ccc7n(CC)c6c5)ccc3n4-c3ccc(C)cc3)cc21. The topological polar surface area (TPSA) is 14.8 Å². The molecule has 3 aromatic heterocycles. The molecule has 0 aliphatic heterocycles. The predicted octanol–water partition coefficient (Wildman–Crippen LogP) is 14.6. The molecule has 3 nitrogen and oxygen atoms in total. The maximum Gasteiger partial charge on any atom is 0.0541 e. The van der Waals surface area contributed by atoms with Crippen LogP contribution in [0.5, 0.6) is 0 Å². The van der Waals surface area contributed by atoms with Gasteiger partial charge in [0.25, 0.3) is 0 Å². The first-order valence-corrected chi connectivity index (χ1v) is 21.1. The summed E-state index contributed by atoms with van der Waals surface area (Å²) in [7, 11) is 0. The quantitative estimate of drug-likeness (QED) is 0.154. The first kappa shape index (κ1) is 36.3. The Labute approximate surface area is 342 Å². The Kier molecular flexibility index (Phi) is 8.12. The molecule has 0 unspecified atom stereocenters. The van der Waals surface area contributed by atoms with Crippen LogP contribution in [0.3, 0.4) is 0 Å². The van der Waals surface area contributed by atoms with Gasteiger partial charge in [0.15, 0.2) is 0 Å². The molecule has 288 valence electrons. The van der Waals surface area contributed by atoms with E-state index in [-0.39, 0.29) is 10.8 Å². The van der Waals surface area contributed by atoms with Crippen LogP contribution in [0.4, 0.5) is 0 Å². The molecular weight excluding hydrogens is 703 g/mol. The fourth-order valence-electron chi connectivity index (χ4n) is 9.99. The molecule has 3 heterocycles. The van der Waals surface area contributed by atoms with Crippen LogP contribution >= 0.6 is 0 Å². The minimum atomic E-state index is -0.228. The van der Waals surface area contributed by atoms with Gasteiger partial charge in [-0.15, -0.1) is 0 Å². The molecule has 0 aliphatic carbocycles. The molecule has 0 N–H and O–H groups in total. The molecule has 0 spiro atoms. The predicted molar refractivity (Wildman–Crippen MR) is 249 cm³/mol. The molecule has 10 aromatic rings. The summed E-state index contributed by atoms with van der Waals surface area (Å²) in [6, 6.07) is 51.4. The van der Waals surface area contributed by atoms with Gasteiger partial charge >= 0.3 is 0 Å². The van der Waals surface area contributed by atoms with Crippen molar-refractivity contribution in [1.29, 1.82) is 0 Å². The normalized spacial score (nSPS) is 12.7. The Morgan fingerprint density at radius 2 is 0.707 bits per heavy atom. The summed E-state index contributed by atoms with van der Waals surface area (Å²) in [6.45, 7) is 22.5. The van der Waals surface area contributed by atoms with Crippen molar-refractivity contribution in [2.75, 3.05) is 0 Å². The molecule has 3 heteroatoms. The number of fused-ring (bicyclic) bond motifs is 9. The molecule has 0 saturated heterocycles. The number of nitrogens with zero attached hydrogens (tertiary/aromatic N) is 3. The molecular formula is C55H53N3. The minimum absolute atomic E-state index is 0.228. The second-order valence-corrected chi connectivity index (χ2v) is 17.9. The Morgan fingerprint density at radius 1 is 0.345 bits per heavy atom. The fourth-order valence-corrected chi connectivity index (χ4v) is 9.99. The second kappa shape index (κ2) is 13.0. The van der Waals surface area contributed by atoms with Crippen molar-refractivity contribution in [2.24, 2.45) is 0 Å². The van der Waals surface area contributed by atoms with E-state index in [1.165, 1.54) is 110 Å². The summed E-state index contributed by atoms with van der Waals surface area (Å²) >= 11 is 0. The molecule has 0 bridgehead atoms. The second-order valence-electron chi connectivity index (χ2n) is 17.9. The van der Waals surface area contributed by atoms with E-state index in [0.717, 1.165) is 13.1 Å². The van der Waals surface area contributed by atoms with E-state index < -0.39 is 0 Å². The molecule has 0 aliphatic rings. The van der Waals surface area contributed by atoms with E-state index in [4.69, 9.17) is 0 Å². The number of rotatable bonds is 7. The maximum atomic E-state index is 2.48. The molecule has 0 amide bonds. The third-order valence-corrected chi connectivity index (χ3v) is 13.6. The van der Waals surface area contributed by atoms with E-state index in [0.29, 0.717) is 0 Å². The van der Waals surface area contributed by atoms with Crippen molar-refractivity contribution in [1.82, 2.24) is 13.7 Å². The number of hydrogen-bond donors (Lipinski definition) is 0. The van der Waals surface area contributed by atoms with Crippen LogP contribution in [0.15, 0.2) is 133 Å². The Morgan fingerprint density at radius 3 is 1.14 bits per heavy atom. The lowest BCUT2D eigenvalue weighted by Crippen LogP contribution is -2.19. The zero-order valence-corrected chi connectivity index (χ0v) is 35.5. The Bertz CT molecular complexity index is 3070. The van der Waals surface area contributed by atoms with Gasteiger partial charge in [0.05, 0.1) is 11.0 Å². The van der Waals surface area contributed by atoms with Gasteiger partial charge in [-0.2, -0.15) is 0 Å². The van der Waals surface area contributed by atoms with Crippen molar-refractivity contribution in [3.8, 4) is 5.69 Å². The van der Waals surface area contributed by atoms with Crippen molar-refractivity contribution in [2.45, 2.75) is 86.2 Å². The number of benzene rings is 7. The van der Waals surface area contributed by atoms with Crippen molar-refractivity contribution in [3.05, 3.63) is 172 Å². The van der Waals surface area contributed by atoms with Crippen molar-refractivity contribution >= 4 is 65.4 Å². The summed E-state index contributed by atoms with van der Waals surface area (Å²) in [5.74, 6) is 0. The van der Waals surface area contributed by atoms with Crippen LogP contribution in [-0.4, -0.2) is 13.7 Å². The molecule has 0 atom stereocenters. The first-order chi connectivity index (χ1) is 27.9. The van der Waals surface area contributed by atoms with Crippen LogP contribution in [0, 0.1) is 20.8 Å². The number of aromatic nitrogens is 3. The highest BCUT2D eigenvalue weighted by Gasteiger charge is 2.29. The van der Waals surface area contributed by atoms with E-state index in [2.05, 4.69) is 209 Å². The average Bonchev–Trinajstić information content (AvgIpc) is 3.84. The monoisotopic (exact) mass is 755 g/mol. The van der Waals surface area contributed by atoms with Gasteiger partial charge in [-0.1, -0.05) is 105 Å². The summed E-state index contributed by atoms with van der Waals surface area (Å²) in [5, 5.41) is 7.92. The molecule has 10 rings (SSSR count). The summed E-state index contributed by atoms with van der Waals surface area (Å²) in [5.41, 5.74) is 17.6. The third kappa shape index (κ3) is 5.32. The largest absolute Gasteiger partial charge is 0.341 e. The lowest BCUT2D eigenvalue weighted by atomic mass is 9.76. The van der Waals surface area contributed by atoms with Gasteiger partial charge in [-0.3, -0.25) is 0 Å². The summed E-state index contributed by atoms with van der Waals surface area (Å²) in [6.07, 6.45) is 0. The highest BCUT2D eigenvalue weighted by Crippen LogP contribution is 2.43. The van der Waals surface area contributed by atoms with Crippen LogP contribution in [0.25, 0.3) is 71.1 Å².